The number of amides is 1. The lowest BCUT2D eigenvalue weighted by Gasteiger charge is -2.20. The molecule has 3 N–H and O–H groups in total. The van der Waals surface area contributed by atoms with Gasteiger partial charge in [0.25, 0.3) is 0 Å². The molecular formula is C20H35IN4O4. The van der Waals surface area contributed by atoms with Gasteiger partial charge >= 0.3 is 6.09 Å². The molecule has 29 heavy (non-hydrogen) atoms. The summed E-state index contributed by atoms with van der Waals surface area (Å²) in [6.07, 6.45) is 0.286. The predicted octanol–water partition coefficient (Wildman–Crippen LogP) is 3.16. The van der Waals surface area contributed by atoms with Crippen molar-refractivity contribution >= 4 is 36.0 Å². The van der Waals surface area contributed by atoms with Crippen LogP contribution >= 0.6 is 24.0 Å². The molecule has 1 aromatic rings. The minimum atomic E-state index is -0.488. The van der Waals surface area contributed by atoms with Crippen LogP contribution in [0.1, 0.15) is 34.1 Å². The fourth-order valence-electron chi connectivity index (χ4n) is 2.21. The normalized spacial score (nSPS) is 12.3. The zero-order valence-electron chi connectivity index (χ0n) is 18.2. The summed E-state index contributed by atoms with van der Waals surface area (Å²) < 4.78 is 16.3. The summed E-state index contributed by atoms with van der Waals surface area (Å²) in [6.45, 7) is 9.26. The summed E-state index contributed by atoms with van der Waals surface area (Å²) in [4.78, 5) is 15.8. The molecule has 1 unspecified atom stereocenters. The van der Waals surface area contributed by atoms with Crippen molar-refractivity contribution in [2.75, 3.05) is 33.8 Å². The number of alkyl carbamates (subject to hydrolysis) is 1. The van der Waals surface area contributed by atoms with Crippen LogP contribution in [-0.2, 0) is 4.74 Å². The topological polar surface area (TPSA) is 93.2 Å². The number of halogens is 1. The van der Waals surface area contributed by atoms with E-state index in [1.807, 2.05) is 52.0 Å². The summed E-state index contributed by atoms with van der Waals surface area (Å²) in [6, 6.07) is 7.50. The van der Waals surface area contributed by atoms with Crippen molar-refractivity contribution in [1.29, 1.82) is 0 Å². The van der Waals surface area contributed by atoms with Crippen LogP contribution in [-0.4, -0.2) is 57.5 Å². The van der Waals surface area contributed by atoms with Crippen LogP contribution < -0.4 is 25.4 Å². The van der Waals surface area contributed by atoms with E-state index in [4.69, 9.17) is 14.2 Å². The van der Waals surface area contributed by atoms with E-state index in [9.17, 15) is 4.79 Å². The molecule has 0 aliphatic rings. The lowest BCUT2D eigenvalue weighted by atomic mass is 10.2. The average Bonchev–Trinajstić information content (AvgIpc) is 2.62. The second-order valence-corrected chi connectivity index (χ2v) is 7.27. The molecule has 1 rings (SSSR count). The second kappa shape index (κ2) is 14.1. The van der Waals surface area contributed by atoms with E-state index >= 15 is 0 Å². The zero-order valence-corrected chi connectivity index (χ0v) is 20.5. The molecule has 1 atom stereocenters. The summed E-state index contributed by atoms with van der Waals surface area (Å²) in [7, 11) is 3.34. The fraction of sp³-hybridized carbons (Fsp3) is 0.600. The number of hydrogen-bond acceptors (Lipinski definition) is 5. The maximum Gasteiger partial charge on any atom is 0.407 e. The standard InChI is InChI=1S/C20H34N4O4.HI/c1-15(27-17-10-7-9-16(13-17)26-6)14-24-18(21-5)22-11-8-12-23-19(25)28-20(2,3)4;/h7,9-10,13,15H,8,11-12,14H2,1-6H3,(H,23,25)(H2,21,22,24);1H. The molecule has 0 fully saturated rings. The van der Waals surface area contributed by atoms with E-state index < -0.39 is 11.7 Å². The van der Waals surface area contributed by atoms with Crippen molar-refractivity contribution in [2.45, 2.75) is 45.8 Å². The Morgan fingerprint density at radius 3 is 2.41 bits per heavy atom. The smallest absolute Gasteiger partial charge is 0.407 e. The van der Waals surface area contributed by atoms with Crippen LogP contribution in [0, 0.1) is 0 Å². The molecule has 0 saturated heterocycles. The molecule has 8 nitrogen and oxygen atoms in total. The van der Waals surface area contributed by atoms with Crippen LogP contribution in [0.4, 0.5) is 4.79 Å². The van der Waals surface area contributed by atoms with Gasteiger partial charge < -0.3 is 30.2 Å². The predicted molar refractivity (Wildman–Crippen MR) is 127 cm³/mol. The number of methoxy groups -OCH3 is 1. The van der Waals surface area contributed by atoms with E-state index in [0.717, 1.165) is 17.9 Å². The zero-order chi connectivity index (χ0) is 21.0. The van der Waals surface area contributed by atoms with E-state index in [1.165, 1.54) is 0 Å². The number of nitrogens with one attached hydrogen (secondary N) is 3. The molecule has 0 spiro atoms. The van der Waals surface area contributed by atoms with Gasteiger partial charge in [-0.05, 0) is 46.2 Å². The third-order valence-corrected chi connectivity index (χ3v) is 3.47. The largest absolute Gasteiger partial charge is 0.497 e. The van der Waals surface area contributed by atoms with Crippen LogP contribution in [0.2, 0.25) is 0 Å². The minimum Gasteiger partial charge on any atom is -0.497 e. The number of guanidine groups is 1. The summed E-state index contributed by atoms with van der Waals surface area (Å²) in [5.41, 5.74) is -0.488. The number of carbonyl (C=O) groups is 1. The van der Waals surface area contributed by atoms with Crippen LogP contribution in [0.5, 0.6) is 11.5 Å². The van der Waals surface area contributed by atoms with E-state index in [-0.39, 0.29) is 30.1 Å². The first-order valence-corrected chi connectivity index (χ1v) is 9.45. The Morgan fingerprint density at radius 2 is 1.79 bits per heavy atom. The SMILES string of the molecule is CN=C(NCCCNC(=O)OC(C)(C)C)NCC(C)Oc1cccc(OC)c1.I. The number of nitrogens with zero attached hydrogens (tertiary/aromatic N) is 1. The number of carbonyl (C=O) groups excluding carboxylic acids is 1. The van der Waals surface area contributed by atoms with Crippen LogP contribution in [0.25, 0.3) is 0 Å². The molecule has 0 bridgehead atoms. The number of benzene rings is 1. The number of ether oxygens (including phenoxy) is 3. The highest BCUT2D eigenvalue weighted by Gasteiger charge is 2.15. The van der Waals surface area contributed by atoms with Gasteiger partial charge in [-0.2, -0.15) is 0 Å². The second-order valence-electron chi connectivity index (χ2n) is 7.27. The highest BCUT2D eigenvalue weighted by atomic mass is 127. The van der Waals surface area contributed by atoms with E-state index in [2.05, 4.69) is 20.9 Å². The highest BCUT2D eigenvalue weighted by molar-refractivity contribution is 14.0. The summed E-state index contributed by atoms with van der Waals surface area (Å²) in [5.74, 6) is 2.19. The van der Waals surface area contributed by atoms with Gasteiger partial charge in [-0.1, -0.05) is 6.07 Å². The van der Waals surface area contributed by atoms with Crippen molar-refractivity contribution in [3.63, 3.8) is 0 Å². The van der Waals surface area contributed by atoms with Gasteiger partial charge in [0.05, 0.1) is 13.7 Å². The van der Waals surface area contributed by atoms with Gasteiger partial charge in [0.2, 0.25) is 0 Å². The van der Waals surface area contributed by atoms with Gasteiger partial charge in [0, 0.05) is 26.2 Å². The Bertz CT molecular complexity index is 635. The monoisotopic (exact) mass is 522 g/mol. The van der Waals surface area contributed by atoms with E-state index in [1.54, 1.807) is 14.2 Å². The Hall–Kier alpha value is -1.91. The third kappa shape index (κ3) is 13.0. The molecule has 0 aromatic heterocycles. The first-order chi connectivity index (χ1) is 13.2. The summed E-state index contributed by atoms with van der Waals surface area (Å²) >= 11 is 0. The Labute approximate surface area is 191 Å². The van der Waals surface area contributed by atoms with Crippen molar-refractivity contribution in [2.24, 2.45) is 4.99 Å². The van der Waals surface area contributed by atoms with Gasteiger partial charge in [-0.25, -0.2) is 4.79 Å². The molecule has 0 radical (unpaired) electrons. The van der Waals surface area contributed by atoms with Crippen LogP contribution in [0.3, 0.4) is 0 Å². The molecule has 1 amide bonds. The molecule has 0 heterocycles. The maximum absolute atomic E-state index is 11.6. The third-order valence-electron chi connectivity index (χ3n) is 3.47. The maximum atomic E-state index is 11.6. The first kappa shape index (κ1) is 27.1. The number of rotatable bonds is 9. The Balaban J connectivity index is 0.00000784. The molecule has 0 aliphatic heterocycles. The van der Waals surface area contributed by atoms with Crippen molar-refractivity contribution in [1.82, 2.24) is 16.0 Å². The van der Waals surface area contributed by atoms with Gasteiger partial charge in [0.1, 0.15) is 23.2 Å². The molecule has 9 heteroatoms. The number of aliphatic imine (C=N–C) groups is 1. The highest BCUT2D eigenvalue weighted by Crippen LogP contribution is 2.19. The Morgan fingerprint density at radius 1 is 1.14 bits per heavy atom. The molecule has 1 aromatic carbocycles. The molecule has 0 saturated carbocycles. The minimum absolute atomic E-state index is 0. The van der Waals surface area contributed by atoms with Gasteiger partial charge in [-0.15, -0.1) is 24.0 Å². The summed E-state index contributed by atoms with van der Waals surface area (Å²) in [5, 5.41) is 9.15. The average molecular weight is 522 g/mol. The first-order valence-electron chi connectivity index (χ1n) is 9.45. The number of hydrogen-bond donors (Lipinski definition) is 3. The lowest BCUT2D eigenvalue weighted by Crippen LogP contribution is -2.42. The Kier molecular flexibility index (Phi) is 13.2. The van der Waals surface area contributed by atoms with Crippen LogP contribution in [0.15, 0.2) is 29.3 Å². The van der Waals surface area contributed by atoms with Gasteiger partial charge in [0.15, 0.2) is 5.96 Å². The van der Waals surface area contributed by atoms with E-state index in [0.29, 0.717) is 25.6 Å². The molecule has 0 aliphatic carbocycles. The fourth-order valence-corrected chi connectivity index (χ4v) is 2.21. The molecule has 166 valence electrons. The molecular weight excluding hydrogens is 487 g/mol. The van der Waals surface area contributed by atoms with Gasteiger partial charge in [-0.3, -0.25) is 4.99 Å². The van der Waals surface area contributed by atoms with Crippen molar-refractivity contribution in [3.05, 3.63) is 24.3 Å². The van der Waals surface area contributed by atoms with Crippen molar-refractivity contribution < 1.29 is 19.0 Å². The lowest BCUT2D eigenvalue weighted by molar-refractivity contribution is 0.0527. The quantitative estimate of drug-likeness (QED) is 0.200. The van der Waals surface area contributed by atoms with Crippen molar-refractivity contribution in [3.8, 4) is 11.5 Å².